The average molecular weight is 291 g/mol. The molecule has 2 rings (SSSR count). The molecular weight excluding hydrogens is 266 g/mol. The Bertz CT molecular complexity index is 504. The molecule has 1 saturated heterocycles. The number of likely N-dealkylation sites (N-methyl/N-ethyl adjacent to an activating group) is 2. The average Bonchev–Trinajstić information content (AvgIpc) is 2.93. The van der Waals surface area contributed by atoms with E-state index in [2.05, 4.69) is 11.8 Å². The third-order valence-corrected chi connectivity index (χ3v) is 4.19. The number of nitrogens with zero attached hydrogens (tertiary/aromatic N) is 2. The van der Waals surface area contributed by atoms with Crippen molar-refractivity contribution in [3.8, 4) is 5.75 Å². The lowest BCUT2D eigenvalue weighted by Crippen LogP contribution is -2.41. The number of nitrogens with two attached hydrogens (primary N) is 1. The number of benzene rings is 1. The second kappa shape index (κ2) is 6.80. The van der Waals surface area contributed by atoms with Crippen molar-refractivity contribution in [1.29, 1.82) is 0 Å². The fourth-order valence-corrected chi connectivity index (χ4v) is 3.01. The Kier molecular flexibility index (Phi) is 5.07. The first-order valence-electron chi connectivity index (χ1n) is 7.49. The molecule has 2 N–H and O–H groups in total. The Hall–Kier alpha value is -1.75. The van der Waals surface area contributed by atoms with E-state index >= 15 is 0 Å². The molecule has 1 amide bonds. The lowest BCUT2D eigenvalue weighted by atomic mass is 10.1. The van der Waals surface area contributed by atoms with Gasteiger partial charge in [-0.15, -0.1) is 0 Å². The third-order valence-electron chi connectivity index (χ3n) is 4.19. The van der Waals surface area contributed by atoms with Gasteiger partial charge >= 0.3 is 0 Å². The number of methoxy groups -OCH3 is 1. The number of likely N-dealkylation sites (tertiary alicyclic amines) is 1. The van der Waals surface area contributed by atoms with Gasteiger partial charge in [-0.3, -0.25) is 9.69 Å². The van der Waals surface area contributed by atoms with Crippen molar-refractivity contribution >= 4 is 11.6 Å². The van der Waals surface area contributed by atoms with Gasteiger partial charge in [-0.2, -0.15) is 0 Å². The van der Waals surface area contributed by atoms with Crippen LogP contribution < -0.4 is 10.5 Å². The zero-order valence-corrected chi connectivity index (χ0v) is 13.1. The lowest BCUT2D eigenvalue weighted by molar-refractivity contribution is 0.0751. The molecule has 1 aliphatic heterocycles. The molecular formula is C16H25N3O2. The van der Waals surface area contributed by atoms with E-state index < -0.39 is 0 Å². The van der Waals surface area contributed by atoms with Gasteiger partial charge in [-0.1, -0.05) is 6.92 Å². The summed E-state index contributed by atoms with van der Waals surface area (Å²) < 4.78 is 5.27. The first-order chi connectivity index (χ1) is 10.1. The van der Waals surface area contributed by atoms with Crippen molar-refractivity contribution in [2.75, 3.05) is 39.5 Å². The molecule has 5 nitrogen and oxygen atoms in total. The van der Waals surface area contributed by atoms with Crippen LogP contribution in [0.2, 0.25) is 0 Å². The number of ether oxygens (including phenoxy) is 1. The van der Waals surface area contributed by atoms with Crippen molar-refractivity contribution in [3.63, 3.8) is 0 Å². The number of nitrogen functional groups attached to an aromatic ring is 1. The first kappa shape index (κ1) is 15.6. The summed E-state index contributed by atoms with van der Waals surface area (Å²) in [5, 5.41) is 0. The van der Waals surface area contributed by atoms with E-state index in [1.165, 1.54) is 6.42 Å². The standard InChI is InChI=1S/C16H25N3O2/c1-4-19-9-5-6-13(19)11-18(2)16(20)14-8-7-12(17)10-15(14)21-3/h7-8,10,13H,4-6,9,11,17H2,1-3H3. The molecule has 1 aromatic rings. The van der Waals surface area contributed by atoms with E-state index in [0.29, 0.717) is 23.0 Å². The van der Waals surface area contributed by atoms with E-state index in [0.717, 1.165) is 26.1 Å². The number of anilines is 1. The van der Waals surface area contributed by atoms with Gasteiger partial charge in [-0.05, 0) is 38.1 Å². The molecule has 0 saturated carbocycles. The van der Waals surface area contributed by atoms with Crippen LogP contribution in [0.5, 0.6) is 5.75 Å². The minimum Gasteiger partial charge on any atom is -0.496 e. The van der Waals surface area contributed by atoms with Gasteiger partial charge in [0.25, 0.3) is 5.91 Å². The maximum atomic E-state index is 12.6. The van der Waals surface area contributed by atoms with Gasteiger partial charge in [0.2, 0.25) is 0 Å². The molecule has 116 valence electrons. The Labute approximate surface area is 126 Å². The fourth-order valence-electron chi connectivity index (χ4n) is 3.01. The molecule has 5 heteroatoms. The molecule has 0 spiro atoms. The number of hydrogen-bond donors (Lipinski definition) is 1. The highest BCUT2D eigenvalue weighted by molar-refractivity contribution is 5.97. The van der Waals surface area contributed by atoms with Crippen molar-refractivity contribution in [2.45, 2.75) is 25.8 Å². The Morgan fingerprint density at radius 2 is 2.29 bits per heavy atom. The van der Waals surface area contributed by atoms with Crippen LogP contribution in [0.15, 0.2) is 18.2 Å². The summed E-state index contributed by atoms with van der Waals surface area (Å²) in [6, 6.07) is 5.62. The second-order valence-corrected chi connectivity index (χ2v) is 5.57. The quantitative estimate of drug-likeness (QED) is 0.841. The normalized spacial score (nSPS) is 18.7. The summed E-state index contributed by atoms with van der Waals surface area (Å²) in [4.78, 5) is 16.8. The van der Waals surface area contributed by atoms with Gasteiger partial charge in [-0.25, -0.2) is 0 Å². The van der Waals surface area contributed by atoms with E-state index in [1.807, 2.05) is 7.05 Å². The van der Waals surface area contributed by atoms with Crippen LogP contribution in [0.4, 0.5) is 5.69 Å². The summed E-state index contributed by atoms with van der Waals surface area (Å²) in [7, 11) is 3.41. The SMILES string of the molecule is CCN1CCCC1CN(C)C(=O)c1ccc(N)cc1OC. The van der Waals surface area contributed by atoms with Crippen molar-refractivity contribution < 1.29 is 9.53 Å². The highest BCUT2D eigenvalue weighted by atomic mass is 16.5. The maximum Gasteiger partial charge on any atom is 0.257 e. The topological polar surface area (TPSA) is 58.8 Å². The zero-order chi connectivity index (χ0) is 15.4. The minimum atomic E-state index is -0.0187. The van der Waals surface area contributed by atoms with Crippen LogP contribution in [0.25, 0.3) is 0 Å². The molecule has 1 heterocycles. The van der Waals surface area contributed by atoms with E-state index in [1.54, 1.807) is 30.2 Å². The number of rotatable bonds is 5. The summed E-state index contributed by atoms with van der Waals surface area (Å²) in [5.41, 5.74) is 6.90. The monoisotopic (exact) mass is 291 g/mol. The van der Waals surface area contributed by atoms with E-state index in [9.17, 15) is 4.79 Å². The molecule has 0 bridgehead atoms. The Morgan fingerprint density at radius 1 is 1.52 bits per heavy atom. The highest BCUT2D eigenvalue weighted by Gasteiger charge is 2.26. The third kappa shape index (κ3) is 3.47. The molecule has 0 aromatic heterocycles. The number of carbonyl (C=O) groups is 1. The van der Waals surface area contributed by atoms with Gasteiger partial charge in [0.15, 0.2) is 0 Å². The molecule has 1 fully saturated rings. The van der Waals surface area contributed by atoms with Crippen LogP contribution in [0, 0.1) is 0 Å². The molecule has 21 heavy (non-hydrogen) atoms. The lowest BCUT2D eigenvalue weighted by Gasteiger charge is -2.28. The van der Waals surface area contributed by atoms with Gasteiger partial charge in [0.05, 0.1) is 12.7 Å². The summed E-state index contributed by atoms with van der Waals surface area (Å²) in [6.45, 7) is 5.09. The van der Waals surface area contributed by atoms with Crippen LogP contribution in [-0.4, -0.2) is 55.5 Å². The van der Waals surface area contributed by atoms with Crippen molar-refractivity contribution in [1.82, 2.24) is 9.80 Å². The maximum absolute atomic E-state index is 12.6. The van der Waals surface area contributed by atoms with Gasteiger partial charge in [0.1, 0.15) is 5.75 Å². The number of carbonyl (C=O) groups excluding carboxylic acids is 1. The fraction of sp³-hybridized carbons (Fsp3) is 0.562. The largest absolute Gasteiger partial charge is 0.496 e. The molecule has 1 aliphatic rings. The predicted octanol–water partition coefficient (Wildman–Crippen LogP) is 1.83. The zero-order valence-electron chi connectivity index (χ0n) is 13.1. The van der Waals surface area contributed by atoms with Crippen LogP contribution in [0.3, 0.4) is 0 Å². The van der Waals surface area contributed by atoms with Crippen LogP contribution in [0.1, 0.15) is 30.1 Å². The number of amides is 1. The molecule has 1 atom stereocenters. The van der Waals surface area contributed by atoms with Crippen molar-refractivity contribution in [2.24, 2.45) is 0 Å². The Morgan fingerprint density at radius 3 is 2.95 bits per heavy atom. The smallest absolute Gasteiger partial charge is 0.257 e. The summed E-state index contributed by atoms with van der Waals surface area (Å²) in [6.07, 6.45) is 2.37. The number of hydrogen-bond acceptors (Lipinski definition) is 4. The molecule has 1 aromatic carbocycles. The first-order valence-corrected chi connectivity index (χ1v) is 7.49. The minimum absolute atomic E-state index is 0.0187. The van der Waals surface area contributed by atoms with E-state index in [-0.39, 0.29) is 5.91 Å². The summed E-state index contributed by atoms with van der Waals surface area (Å²) >= 11 is 0. The van der Waals surface area contributed by atoms with Crippen LogP contribution >= 0.6 is 0 Å². The highest BCUT2D eigenvalue weighted by Crippen LogP contribution is 2.24. The van der Waals surface area contributed by atoms with Gasteiger partial charge in [0, 0.05) is 31.4 Å². The summed E-state index contributed by atoms with van der Waals surface area (Å²) in [5.74, 6) is 0.514. The van der Waals surface area contributed by atoms with Gasteiger partial charge < -0.3 is 15.4 Å². The molecule has 0 radical (unpaired) electrons. The predicted molar refractivity (Wildman–Crippen MR) is 84.6 cm³/mol. The van der Waals surface area contributed by atoms with Crippen molar-refractivity contribution in [3.05, 3.63) is 23.8 Å². The Balaban J connectivity index is 2.09. The van der Waals surface area contributed by atoms with Crippen LogP contribution in [-0.2, 0) is 0 Å². The van der Waals surface area contributed by atoms with E-state index in [4.69, 9.17) is 10.5 Å². The molecule has 1 unspecified atom stereocenters. The molecule has 0 aliphatic carbocycles. The second-order valence-electron chi connectivity index (χ2n) is 5.57.